The van der Waals surface area contributed by atoms with Crippen molar-refractivity contribution in [3.05, 3.63) is 77.3 Å². The van der Waals surface area contributed by atoms with E-state index in [1.54, 1.807) is 11.3 Å². The van der Waals surface area contributed by atoms with Crippen LogP contribution in [0.3, 0.4) is 0 Å². The molecular weight excluding hydrogens is 502 g/mol. The van der Waals surface area contributed by atoms with Crippen LogP contribution in [-0.2, 0) is 4.79 Å². The summed E-state index contributed by atoms with van der Waals surface area (Å²) in [5.74, 6) is 1.05. The fraction of sp³-hybridized carbons (Fsp3) is 0.515. The highest BCUT2D eigenvalue weighted by molar-refractivity contribution is 7.13. The van der Waals surface area contributed by atoms with Crippen LogP contribution < -0.4 is 0 Å². The first-order valence-electron chi connectivity index (χ1n) is 14.9. The third kappa shape index (κ3) is 6.13. The van der Waals surface area contributed by atoms with Gasteiger partial charge in [-0.15, -0.1) is 11.3 Å². The van der Waals surface area contributed by atoms with Crippen molar-refractivity contribution in [2.45, 2.75) is 62.8 Å². The summed E-state index contributed by atoms with van der Waals surface area (Å²) in [7, 11) is 0. The number of carboxylic acids is 1. The lowest BCUT2D eigenvalue weighted by molar-refractivity contribution is -0.145. The highest BCUT2D eigenvalue weighted by Gasteiger charge is 2.43. The molecule has 3 heterocycles. The van der Waals surface area contributed by atoms with Crippen LogP contribution in [0.2, 0.25) is 0 Å². The van der Waals surface area contributed by atoms with E-state index in [0.717, 1.165) is 63.4 Å². The number of hydrogen-bond acceptors (Lipinski definition) is 5. The van der Waals surface area contributed by atoms with Gasteiger partial charge in [0.2, 0.25) is 0 Å². The van der Waals surface area contributed by atoms with Crippen LogP contribution in [-0.4, -0.2) is 64.6 Å². The Morgan fingerprint density at radius 2 is 1.62 bits per heavy atom. The molecule has 0 bridgehead atoms. The van der Waals surface area contributed by atoms with E-state index in [-0.39, 0.29) is 6.04 Å². The standard InChI is InChI=1S/C33H41N3O2S/c37-33(38)31(26-12-6-2-7-13-26)36-21-28(29(22-36)24-10-4-1-5-11-24)20-35-18-16-25(17-19-35)30-23-39-32(34-30)27-14-8-3-9-15-27/h1,3-5,8-11,14-15,23,25-26,28-29,31H,2,6-7,12-13,16-22H2,(H,37,38)/t28-,29+,31+/m0/s1. The molecule has 1 aromatic heterocycles. The Balaban J connectivity index is 1.12. The molecule has 3 atom stereocenters. The van der Waals surface area contributed by atoms with Gasteiger partial charge in [-0.3, -0.25) is 9.69 Å². The van der Waals surface area contributed by atoms with E-state index in [2.05, 4.69) is 75.8 Å². The molecule has 3 aromatic rings. The topological polar surface area (TPSA) is 56.7 Å². The zero-order chi connectivity index (χ0) is 26.6. The number of likely N-dealkylation sites (tertiary alicyclic amines) is 2. The molecule has 2 saturated heterocycles. The molecule has 1 N–H and O–H groups in total. The summed E-state index contributed by atoms with van der Waals surface area (Å²) in [5, 5.41) is 13.7. The molecule has 1 aliphatic carbocycles. The van der Waals surface area contributed by atoms with Gasteiger partial charge in [-0.1, -0.05) is 79.9 Å². The normalized spacial score (nSPS) is 24.6. The molecule has 206 valence electrons. The average molecular weight is 544 g/mol. The summed E-state index contributed by atoms with van der Waals surface area (Å²) in [6.07, 6.45) is 8.01. The SMILES string of the molecule is O=C(O)[C@@H](C1CCCCC1)N1C[C@H](CN2CCC(c3csc(-c4ccccc4)n3)CC2)[C@@H](c2ccccc2)C1. The van der Waals surface area contributed by atoms with Crippen LogP contribution in [0.25, 0.3) is 10.6 Å². The molecule has 6 rings (SSSR count). The van der Waals surface area contributed by atoms with E-state index in [4.69, 9.17) is 4.98 Å². The van der Waals surface area contributed by atoms with Gasteiger partial charge >= 0.3 is 5.97 Å². The van der Waals surface area contributed by atoms with Crippen LogP contribution in [0.15, 0.2) is 66.0 Å². The molecular formula is C33H41N3O2S. The largest absolute Gasteiger partial charge is 0.480 e. The Kier molecular flexibility index (Phi) is 8.43. The van der Waals surface area contributed by atoms with Gasteiger partial charge in [0.15, 0.2) is 0 Å². The van der Waals surface area contributed by atoms with Crippen LogP contribution in [0.1, 0.15) is 68.0 Å². The minimum atomic E-state index is -0.617. The number of rotatable bonds is 8. The van der Waals surface area contributed by atoms with Gasteiger partial charge in [-0.25, -0.2) is 4.98 Å². The molecule has 1 saturated carbocycles. The van der Waals surface area contributed by atoms with Crippen LogP contribution >= 0.6 is 11.3 Å². The number of carboxylic acid groups (broad SMARTS) is 1. The summed E-state index contributed by atoms with van der Waals surface area (Å²) in [6.45, 7) is 4.98. The van der Waals surface area contributed by atoms with E-state index in [9.17, 15) is 9.90 Å². The smallest absolute Gasteiger partial charge is 0.321 e. The molecule has 3 fully saturated rings. The molecule has 0 spiro atoms. The maximum atomic E-state index is 12.5. The van der Waals surface area contributed by atoms with Crippen LogP contribution in [0, 0.1) is 11.8 Å². The van der Waals surface area contributed by atoms with Crippen molar-refractivity contribution in [1.29, 1.82) is 0 Å². The van der Waals surface area contributed by atoms with Crippen molar-refractivity contribution >= 4 is 17.3 Å². The monoisotopic (exact) mass is 543 g/mol. The number of aliphatic carboxylic acids is 1. The summed E-state index contributed by atoms with van der Waals surface area (Å²) < 4.78 is 0. The number of carbonyl (C=O) groups is 1. The first-order chi connectivity index (χ1) is 19.2. The van der Waals surface area contributed by atoms with E-state index in [1.165, 1.54) is 36.1 Å². The molecule has 2 aliphatic heterocycles. The van der Waals surface area contributed by atoms with Crippen molar-refractivity contribution < 1.29 is 9.90 Å². The number of thiazole rings is 1. The molecule has 0 unspecified atom stereocenters. The second kappa shape index (κ2) is 12.3. The number of benzene rings is 2. The van der Waals surface area contributed by atoms with E-state index < -0.39 is 5.97 Å². The fourth-order valence-corrected chi connectivity index (χ4v) is 8.34. The van der Waals surface area contributed by atoms with Gasteiger partial charge in [0.1, 0.15) is 11.0 Å². The van der Waals surface area contributed by atoms with Crippen molar-refractivity contribution in [2.75, 3.05) is 32.7 Å². The Morgan fingerprint density at radius 3 is 2.31 bits per heavy atom. The molecule has 6 heteroatoms. The van der Waals surface area contributed by atoms with Crippen molar-refractivity contribution in [1.82, 2.24) is 14.8 Å². The second-order valence-corrected chi connectivity index (χ2v) is 12.8. The van der Waals surface area contributed by atoms with Crippen molar-refractivity contribution in [2.24, 2.45) is 11.8 Å². The number of piperidine rings is 1. The van der Waals surface area contributed by atoms with Crippen molar-refractivity contribution in [3.8, 4) is 10.6 Å². The third-order valence-electron chi connectivity index (χ3n) is 9.48. The van der Waals surface area contributed by atoms with E-state index >= 15 is 0 Å². The molecule has 5 nitrogen and oxygen atoms in total. The number of hydrogen-bond donors (Lipinski definition) is 1. The lowest BCUT2D eigenvalue weighted by Crippen LogP contribution is -2.46. The van der Waals surface area contributed by atoms with E-state index in [1.807, 2.05) is 0 Å². The van der Waals surface area contributed by atoms with Crippen LogP contribution in [0.4, 0.5) is 0 Å². The van der Waals surface area contributed by atoms with Crippen LogP contribution in [0.5, 0.6) is 0 Å². The Bertz CT molecular complexity index is 1200. The number of nitrogens with zero attached hydrogens (tertiary/aromatic N) is 3. The summed E-state index contributed by atoms with van der Waals surface area (Å²) in [5.41, 5.74) is 3.82. The number of aromatic nitrogens is 1. The second-order valence-electron chi connectivity index (χ2n) is 11.9. The highest BCUT2D eigenvalue weighted by atomic mass is 32.1. The predicted octanol–water partition coefficient (Wildman–Crippen LogP) is 6.74. The average Bonchev–Trinajstić information content (AvgIpc) is 3.63. The lowest BCUT2D eigenvalue weighted by atomic mass is 9.83. The zero-order valence-electron chi connectivity index (χ0n) is 22.8. The molecule has 3 aliphatic rings. The summed E-state index contributed by atoms with van der Waals surface area (Å²) in [6, 6.07) is 21.0. The van der Waals surface area contributed by atoms with Crippen molar-refractivity contribution in [3.63, 3.8) is 0 Å². The third-order valence-corrected chi connectivity index (χ3v) is 10.4. The lowest BCUT2D eigenvalue weighted by Gasteiger charge is -2.35. The molecule has 2 aromatic carbocycles. The predicted molar refractivity (Wildman–Crippen MR) is 158 cm³/mol. The zero-order valence-corrected chi connectivity index (χ0v) is 23.6. The van der Waals surface area contributed by atoms with Gasteiger partial charge in [0, 0.05) is 42.4 Å². The summed E-state index contributed by atoms with van der Waals surface area (Å²) >= 11 is 1.76. The quantitative estimate of drug-likeness (QED) is 0.341. The van der Waals surface area contributed by atoms with E-state index in [0.29, 0.717) is 23.7 Å². The maximum absolute atomic E-state index is 12.5. The summed E-state index contributed by atoms with van der Waals surface area (Å²) in [4.78, 5) is 22.5. The first kappa shape index (κ1) is 26.7. The Labute approximate surface area is 236 Å². The minimum Gasteiger partial charge on any atom is -0.480 e. The van der Waals surface area contributed by atoms with Gasteiger partial charge < -0.3 is 10.0 Å². The van der Waals surface area contributed by atoms with Gasteiger partial charge in [0.05, 0.1) is 5.69 Å². The Morgan fingerprint density at radius 1 is 0.923 bits per heavy atom. The first-order valence-corrected chi connectivity index (χ1v) is 15.8. The molecule has 0 amide bonds. The maximum Gasteiger partial charge on any atom is 0.321 e. The van der Waals surface area contributed by atoms with Gasteiger partial charge in [-0.05, 0) is 56.2 Å². The molecule has 39 heavy (non-hydrogen) atoms. The Hall–Kier alpha value is -2.54. The fourth-order valence-electron chi connectivity index (χ4n) is 7.43. The molecule has 0 radical (unpaired) electrons. The van der Waals surface area contributed by atoms with Gasteiger partial charge in [0.25, 0.3) is 0 Å². The minimum absolute atomic E-state index is 0.293. The highest BCUT2D eigenvalue weighted by Crippen LogP contribution is 2.39. The van der Waals surface area contributed by atoms with Gasteiger partial charge in [-0.2, -0.15) is 0 Å².